The summed E-state index contributed by atoms with van der Waals surface area (Å²) in [6.07, 6.45) is 4.99. The highest BCUT2D eigenvalue weighted by Crippen LogP contribution is 2.45. The number of aryl methyl sites for hydroxylation is 2. The van der Waals surface area contributed by atoms with Crippen molar-refractivity contribution in [2.75, 3.05) is 11.9 Å². The zero-order valence-electron chi connectivity index (χ0n) is 19.5. The van der Waals surface area contributed by atoms with Crippen LogP contribution in [0.3, 0.4) is 0 Å². The van der Waals surface area contributed by atoms with Gasteiger partial charge in [-0.1, -0.05) is 13.0 Å². The lowest BCUT2D eigenvalue weighted by molar-refractivity contribution is -0.130. The van der Waals surface area contributed by atoms with E-state index < -0.39 is 5.60 Å². The van der Waals surface area contributed by atoms with Gasteiger partial charge in [0.25, 0.3) is 0 Å². The smallest absolute Gasteiger partial charge is 0.227 e. The van der Waals surface area contributed by atoms with Crippen molar-refractivity contribution in [2.45, 2.75) is 45.6 Å². The van der Waals surface area contributed by atoms with E-state index in [-0.39, 0.29) is 24.3 Å². The first-order chi connectivity index (χ1) is 16.3. The molecule has 1 aliphatic rings. The van der Waals surface area contributed by atoms with E-state index in [1.807, 2.05) is 45.0 Å². The predicted molar refractivity (Wildman–Crippen MR) is 131 cm³/mol. The zero-order valence-corrected chi connectivity index (χ0v) is 20.3. The van der Waals surface area contributed by atoms with Crippen LogP contribution in [0.25, 0.3) is 10.4 Å². The maximum absolute atomic E-state index is 12.3. The van der Waals surface area contributed by atoms with Crippen molar-refractivity contribution in [3.8, 4) is 16.5 Å². The molecule has 3 unspecified atom stereocenters. The summed E-state index contributed by atoms with van der Waals surface area (Å²) in [6.45, 7) is 5.93. The average Bonchev–Trinajstić information content (AvgIpc) is 3.29. The second kappa shape index (κ2) is 9.87. The van der Waals surface area contributed by atoms with E-state index in [4.69, 9.17) is 5.26 Å². The Balaban J connectivity index is 1.52. The van der Waals surface area contributed by atoms with Gasteiger partial charge in [0, 0.05) is 29.7 Å². The molecule has 34 heavy (non-hydrogen) atoms. The van der Waals surface area contributed by atoms with E-state index in [9.17, 15) is 9.90 Å². The van der Waals surface area contributed by atoms with E-state index in [1.54, 1.807) is 12.4 Å². The summed E-state index contributed by atoms with van der Waals surface area (Å²) < 4.78 is 0. The number of carbonyl (C=O) groups is 1. The van der Waals surface area contributed by atoms with E-state index in [2.05, 4.69) is 31.7 Å². The topological polar surface area (TPSA) is 124 Å². The number of anilines is 2. The summed E-state index contributed by atoms with van der Waals surface area (Å²) in [6, 6.07) is 9.93. The van der Waals surface area contributed by atoms with Gasteiger partial charge in [-0.2, -0.15) is 5.26 Å². The zero-order chi connectivity index (χ0) is 24.3. The average molecular weight is 477 g/mol. The maximum Gasteiger partial charge on any atom is 0.227 e. The Kier molecular flexibility index (Phi) is 6.91. The monoisotopic (exact) mass is 476 g/mol. The second-order valence-corrected chi connectivity index (χ2v) is 10.0. The highest BCUT2D eigenvalue weighted by molar-refractivity contribution is 7.15. The first-order valence-corrected chi connectivity index (χ1v) is 12.1. The molecule has 2 aromatic heterocycles. The van der Waals surface area contributed by atoms with Crippen molar-refractivity contribution >= 4 is 28.9 Å². The molecule has 0 radical (unpaired) electrons. The quantitative estimate of drug-likeness (QED) is 0.455. The molecule has 0 aliphatic heterocycles. The number of carbonyl (C=O) groups excluding carboxylic acids is 1. The molecule has 8 nitrogen and oxygen atoms in total. The summed E-state index contributed by atoms with van der Waals surface area (Å²) in [5, 5.41) is 26.7. The molecule has 1 aromatic carbocycles. The number of nitriles is 1. The summed E-state index contributed by atoms with van der Waals surface area (Å²) in [5.41, 5.74) is 2.79. The van der Waals surface area contributed by atoms with Crippen LogP contribution in [0.1, 0.15) is 42.5 Å². The number of hydrogen-bond donors (Lipinski definition) is 3. The number of amides is 1. The number of aliphatic hydroxyl groups is 1. The molecule has 0 spiro atoms. The van der Waals surface area contributed by atoms with Crippen LogP contribution in [-0.2, 0) is 10.4 Å². The van der Waals surface area contributed by atoms with Gasteiger partial charge >= 0.3 is 0 Å². The van der Waals surface area contributed by atoms with Crippen LogP contribution in [0.4, 0.5) is 11.6 Å². The van der Waals surface area contributed by atoms with Crippen molar-refractivity contribution in [1.82, 2.24) is 20.3 Å². The lowest BCUT2D eigenvalue weighted by Crippen LogP contribution is -2.42. The molecular formula is C25H28N6O2S. The summed E-state index contributed by atoms with van der Waals surface area (Å²) in [5.74, 6) is 0.199. The van der Waals surface area contributed by atoms with Gasteiger partial charge in [-0.25, -0.2) is 15.0 Å². The fourth-order valence-electron chi connectivity index (χ4n) is 4.56. The number of benzene rings is 1. The van der Waals surface area contributed by atoms with Gasteiger partial charge in [0.15, 0.2) is 0 Å². The fraction of sp³-hybridized carbons (Fsp3) is 0.400. The standard InChI is InChI=1S/C25H28N6O2S/c1-15-10-18(12-19(11-15)31-24-28-8-5-17(3)30-24)21-14-29-23(34-21)25(33)6-4-20(16(2)13-25)22(32)27-9-7-26/h5,8,10-12,14,16,20,33H,4,6,9,13H2,1-3H3,(H,27,32)(H,28,30,31). The number of aromatic nitrogens is 3. The van der Waals surface area contributed by atoms with Gasteiger partial charge in [-0.15, -0.1) is 11.3 Å². The fourth-order valence-corrected chi connectivity index (χ4v) is 5.59. The van der Waals surface area contributed by atoms with Crippen LogP contribution >= 0.6 is 11.3 Å². The Morgan fingerprint density at radius 2 is 2.15 bits per heavy atom. The minimum Gasteiger partial charge on any atom is -0.383 e. The van der Waals surface area contributed by atoms with Crippen molar-refractivity contribution in [3.05, 3.63) is 52.9 Å². The number of rotatable bonds is 6. The number of hydrogen-bond acceptors (Lipinski definition) is 8. The van der Waals surface area contributed by atoms with Crippen molar-refractivity contribution in [3.63, 3.8) is 0 Å². The minimum atomic E-state index is -1.06. The molecule has 1 aliphatic carbocycles. The SMILES string of the molecule is Cc1cc(Nc2nccc(C)n2)cc(-c2cnc(C3(O)CCC(C(=O)NCC#N)C(C)C3)s2)c1. The Hall–Kier alpha value is -3.35. The van der Waals surface area contributed by atoms with Gasteiger partial charge in [-0.3, -0.25) is 4.79 Å². The number of thiazole rings is 1. The third-order valence-electron chi connectivity index (χ3n) is 6.21. The van der Waals surface area contributed by atoms with Crippen LogP contribution < -0.4 is 10.6 Å². The minimum absolute atomic E-state index is 0.00546. The van der Waals surface area contributed by atoms with Crippen molar-refractivity contribution < 1.29 is 9.90 Å². The van der Waals surface area contributed by atoms with E-state index in [1.165, 1.54) is 11.3 Å². The first kappa shape index (κ1) is 23.8. The summed E-state index contributed by atoms with van der Waals surface area (Å²) >= 11 is 1.48. The molecule has 3 N–H and O–H groups in total. The highest BCUT2D eigenvalue weighted by Gasteiger charge is 2.43. The van der Waals surface area contributed by atoms with Crippen molar-refractivity contribution in [1.29, 1.82) is 5.26 Å². The highest BCUT2D eigenvalue weighted by atomic mass is 32.1. The second-order valence-electron chi connectivity index (χ2n) is 9.00. The summed E-state index contributed by atoms with van der Waals surface area (Å²) in [4.78, 5) is 26.6. The number of nitrogens with one attached hydrogen (secondary N) is 2. The maximum atomic E-state index is 12.3. The number of nitrogens with zero attached hydrogens (tertiary/aromatic N) is 4. The Morgan fingerprint density at radius 1 is 1.32 bits per heavy atom. The Labute approximate surface area is 203 Å². The molecule has 0 bridgehead atoms. The van der Waals surface area contributed by atoms with E-state index >= 15 is 0 Å². The Bertz CT molecular complexity index is 1240. The predicted octanol–water partition coefficient (Wildman–Crippen LogP) is 4.22. The summed E-state index contributed by atoms with van der Waals surface area (Å²) in [7, 11) is 0. The first-order valence-electron chi connectivity index (χ1n) is 11.3. The molecular weight excluding hydrogens is 448 g/mol. The molecule has 3 aromatic rings. The molecule has 176 valence electrons. The lowest BCUT2D eigenvalue weighted by atomic mass is 9.72. The lowest BCUT2D eigenvalue weighted by Gasteiger charge is -2.38. The van der Waals surface area contributed by atoms with Crippen LogP contribution in [0, 0.1) is 37.0 Å². The van der Waals surface area contributed by atoms with Crippen LogP contribution in [-0.4, -0.2) is 32.5 Å². The van der Waals surface area contributed by atoms with Crippen LogP contribution in [0.5, 0.6) is 0 Å². The molecule has 1 saturated carbocycles. The van der Waals surface area contributed by atoms with Gasteiger partial charge < -0.3 is 15.7 Å². The molecule has 4 rings (SSSR count). The third-order valence-corrected chi connectivity index (χ3v) is 7.45. The van der Waals surface area contributed by atoms with Crippen molar-refractivity contribution in [2.24, 2.45) is 11.8 Å². The van der Waals surface area contributed by atoms with Gasteiger partial charge in [0.2, 0.25) is 11.9 Å². The van der Waals surface area contributed by atoms with Crippen LogP contribution in [0.2, 0.25) is 0 Å². The van der Waals surface area contributed by atoms with Gasteiger partial charge in [0.05, 0.1) is 10.9 Å². The molecule has 3 atom stereocenters. The van der Waals surface area contributed by atoms with Crippen LogP contribution in [0.15, 0.2) is 36.7 Å². The molecule has 9 heteroatoms. The van der Waals surface area contributed by atoms with E-state index in [0.29, 0.717) is 30.2 Å². The normalized spacial score (nSPS) is 22.1. The molecule has 0 saturated heterocycles. The Morgan fingerprint density at radius 3 is 2.88 bits per heavy atom. The largest absolute Gasteiger partial charge is 0.383 e. The molecule has 2 heterocycles. The molecule has 1 amide bonds. The van der Waals surface area contributed by atoms with Gasteiger partial charge in [0.1, 0.15) is 17.2 Å². The van der Waals surface area contributed by atoms with E-state index in [0.717, 1.165) is 27.4 Å². The van der Waals surface area contributed by atoms with Gasteiger partial charge in [-0.05, 0) is 68.4 Å². The third kappa shape index (κ3) is 5.24. The molecule has 1 fully saturated rings.